The van der Waals surface area contributed by atoms with Gasteiger partial charge in [-0.25, -0.2) is 10.2 Å². The van der Waals surface area contributed by atoms with Crippen molar-refractivity contribution in [3.63, 3.8) is 0 Å². The van der Waals surface area contributed by atoms with Crippen LogP contribution in [0.25, 0.3) is 0 Å². The number of hydrazone groups is 1. The molecule has 3 aromatic carbocycles. The third-order valence-electron chi connectivity index (χ3n) is 4.62. The zero-order chi connectivity index (χ0) is 24.7. The van der Waals surface area contributed by atoms with E-state index in [0.717, 1.165) is 15.6 Å². The van der Waals surface area contributed by atoms with Crippen molar-refractivity contribution >= 4 is 50.0 Å². The van der Waals surface area contributed by atoms with E-state index in [1.54, 1.807) is 36.4 Å². The molecule has 1 amide bonds. The standard InChI is InChI=1S/C25H22Br2N2O5/c1-15-7-8-22(16(2)9-15)33-14-23(30)29-28-13-18-10-19(26)12-21(27)24(18)34-25(31)17-5-4-6-20(11-17)32-3/h4-13H,14H2,1-3H3,(H,29,30)/b28-13+. The molecule has 0 aromatic heterocycles. The summed E-state index contributed by atoms with van der Waals surface area (Å²) < 4.78 is 17.6. The number of methoxy groups -OCH3 is 1. The smallest absolute Gasteiger partial charge is 0.343 e. The van der Waals surface area contributed by atoms with Crippen molar-refractivity contribution < 1.29 is 23.8 Å². The number of carbonyl (C=O) groups excluding carboxylic acids is 2. The predicted molar refractivity (Wildman–Crippen MR) is 137 cm³/mol. The summed E-state index contributed by atoms with van der Waals surface area (Å²) in [6, 6.07) is 15.8. The largest absolute Gasteiger partial charge is 0.497 e. The van der Waals surface area contributed by atoms with Gasteiger partial charge in [-0.05, 0) is 71.7 Å². The number of ether oxygens (including phenoxy) is 3. The van der Waals surface area contributed by atoms with Gasteiger partial charge in [0.15, 0.2) is 12.4 Å². The highest BCUT2D eigenvalue weighted by atomic mass is 79.9. The van der Waals surface area contributed by atoms with Crippen molar-refractivity contribution in [1.29, 1.82) is 0 Å². The Bertz CT molecular complexity index is 1240. The van der Waals surface area contributed by atoms with Crippen LogP contribution in [0.1, 0.15) is 27.0 Å². The van der Waals surface area contributed by atoms with Gasteiger partial charge < -0.3 is 14.2 Å². The van der Waals surface area contributed by atoms with Gasteiger partial charge in [0.2, 0.25) is 0 Å². The first-order valence-corrected chi connectivity index (χ1v) is 11.7. The van der Waals surface area contributed by atoms with E-state index in [1.165, 1.54) is 13.3 Å². The number of halogens is 2. The molecule has 0 aliphatic heterocycles. The topological polar surface area (TPSA) is 86.2 Å². The van der Waals surface area contributed by atoms with Crippen LogP contribution in [0.2, 0.25) is 0 Å². The Labute approximate surface area is 214 Å². The lowest BCUT2D eigenvalue weighted by Gasteiger charge is -2.11. The van der Waals surface area contributed by atoms with Crippen molar-refractivity contribution in [1.82, 2.24) is 5.43 Å². The number of aryl methyl sites for hydroxylation is 2. The van der Waals surface area contributed by atoms with E-state index in [-0.39, 0.29) is 12.4 Å². The van der Waals surface area contributed by atoms with Gasteiger partial charge in [-0.2, -0.15) is 5.10 Å². The minimum atomic E-state index is -0.567. The average Bonchev–Trinajstić information content (AvgIpc) is 2.80. The Morgan fingerprint density at radius 2 is 1.85 bits per heavy atom. The summed E-state index contributed by atoms with van der Waals surface area (Å²) in [5.74, 6) is 0.424. The molecule has 0 atom stereocenters. The Hall–Kier alpha value is -3.17. The van der Waals surface area contributed by atoms with E-state index in [4.69, 9.17) is 14.2 Å². The number of rotatable bonds is 8. The van der Waals surface area contributed by atoms with Crippen LogP contribution in [0.4, 0.5) is 0 Å². The van der Waals surface area contributed by atoms with Crippen LogP contribution in [0, 0.1) is 13.8 Å². The second-order valence-corrected chi connectivity index (χ2v) is 9.05. The van der Waals surface area contributed by atoms with E-state index in [1.807, 2.05) is 32.0 Å². The fraction of sp³-hybridized carbons (Fsp3) is 0.160. The van der Waals surface area contributed by atoms with Gasteiger partial charge in [-0.15, -0.1) is 0 Å². The average molecular weight is 590 g/mol. The molecule has 0 radical (unpaired) electrons. The van der Waals surface area contributed by atoms with Crippen molar-refractivity contribution in [2.75, 3.05) is 13.7 Å². The maximum atomic E-state index is 12.7. The molecular weight excluding hydrogens is 568 g/mol. The monoisotopic (exact) mass is 588 g/mol. The third-order valence-corrected chi connectivity index (χ3v) is 5.67. The summed E-state index contributed by atoms with van der Waals surface area (Å²) in [6.07, 6.45) is 1.39. The molecule has 176 valence electrons. The van der Waals surface area contributed by atoms with Crippen LogP contribution < -0.4 is 19.6 Å². The normalized spacial score (nSPS) is 10.7. The Kier molecular flexibility index (Phi) is 8.84. The van der Waals surface area contributed by atoms with Gasteiger partial charge >= 0.3 is 5.97 Å². The zero-order valence-electron chi connectivity index (χ0n) is 18.7. The Morgan fingerprint density at radius 1 is 1.06 bits per heavy atom. The van der Waals surface area contributed by atoms with E-state index >= 15 is 0 Å². The molecule has 1 N–H and O–H groups in total. The number of nitrogens with one attached hydrogen (secondary N) is 1. The predicted octanol–water partition coefficient (Wildman–Crippen LogP) is 5.59. The summed E-state index contributed by atoms with van der Waals surface area (Å²) >= 11 is 6.81. The Morgan fingerprint density at radius 3 is 2.59 bits per heavy atom. The van der Waals surface area contributed by atoms with Gasteiger partial charge in [0.05, 0.1) is 23.4 Å². The number of hydrogen-bond acceptors (Lipinski definition) is 6. The Balaban J connectivity index is 1.68. The molecule has 34 heavy (non-hydrogen) atoms. The van der Waals surface area contributed by atoms with Crippen molar-refractivity contribution in [2.24, 2.45) is 5.10 Å². The zero-order valence-corrected chi connectivity index (χ0v) is 21.9. The third kappa shape index (κ3) is 6.91. The van der Waals surface area contributed by atoms with E-state index < -0.39 is 11.9 Å². The molecule has 0 heterocycles. The van der Waals surface area contributed by atoms with E-state index in [2.05, 4.69) is 42.4 Å². The van der Waals surface area contributed by atoms with Gasteiger partial charge in [-0.3, -0.25) is 4.79 Å². The first-order valence-electron chi connectivity index (χ1n) is 10.1. The van der Waals surface area contributed by atoms with Crippen LogP contribution in [-0.4, -0.2) is 31.8 Å². The second-order valence-electron chi connectivity index (χ2n) is 7.28. The van der Waals surface area contributed by atoms with Crippen molar-refractivity contribution in [3.05, 3.63) is 85.8 Å². The summed E-state index contributed by atoms with van der Waals surface area (Å²) in [5.41, 5.74) is 5.27. The maximum absolute atomic E-state index is 12.7. The number of hydrogen-bond donors (Lipinski definition) is 1. The van der Waals surface area contributed by atoms with Crippen LogP contribution in [-0.2, 0) is 4.79 Å². The van der Waals surface area contributed by atoms with Gasteiger partial charge in [-0.1, -0.05) is 39.7 Å². The summed E-state index contributed by atoms with van der Waals surface area (Å²) in [4.78, 5) is 24.8. The molecular formula is C25H22Br2N2O5. The molecule has 0 bridgehead atoms. The lowest BCUT2D eigenvalue weighted by molar-refractivity contribution is -0.123. The molecule has 7 nitrogen and oxygen atoms in total. The molecule has 0 fully saturated rings. The molecule has 0 aliphatic rings. The summed E-state index contributed by atoms with van der Waals surface area (Å²) in [6.45, 7) is 3.71. The SMILES string of the molecule is COc1cccc(C(=O)Oc2c(Br)cc(Br)cc2/C=N/NC(=O)COc2ccc(C)cc2C)c1. The number of esters is 1. The minimum Gasteiger partial charge on any atom is -0.497 e. The van der Waals surface area contributed by atoms with E-state index in [9.17, 15) is 9.59 Å². The molecule has 9 heteroatoms. The van der Waals surface area contributed by atoms with Crippen molar-refractivity contribution in [3.8, 4) is 17.2 Å². The summed E-state index contributed by atoms with van der Waals surface area (Å²) in [5, 5.41) is 3.98. The number of benzene rings is 3. The fourth-order valence-electron chi connectivity index (χ4n) is 3.00. The molecule has 3 aromatic rings. The maximum Gasteiger partial charge on any atom is 0.343 e. The second kappa shape index (κ2) is 11.8. The van der Waals surface area contributed by atoms with Gasteiger partial charge in [0.25, 0.3) is 5.91 Å². The quantitative estimate of drug-likeness (QED) is 0.160. The number of amides is 1. The molecule has 3 rings (SSSR count). The van der Waals surface area contributed by atoms with Crippen LogP contribution in [0.5, 0.6) is 17.2 Å². The number of carbonyl (C=O) groups is 2. The first kappa shape index (κ1) is 25.5. The lowest BCUT2D eigenvalue weighted by Crippen LogP contribution is -2.24. The molecule has 0 saturated heterocycles. The molecule has 0 unspecified atom stereocenters. The molecule has 0 aliphatic carbocycles. The van der Waals surface area contributed by atoms with Crippen molar-refractivity contribution in [2.45, 2.75) is 13.8 Å². The lowest BCUT2D eigenvalue weighted by atomic mass is 10.1. The molecule has 0 spiro atoms. The first-order chi connectivity index (χ1) is 16.3. The highest BCUT2D eigenvalue weighted by Gasteiger charge is 2.16. The van der Waals surface area contributed by atoms with Crippen LogP contribution in [0.15, 0.2) is 68.6 Å². The molecule has 0 saturated carbocycles. The van der Waals surface area contributed by atoms with Crippen LogP contribution in [0.3, 0.4) is 0 Å². The number of nitrogens with zero attached hydrogens (tertiary/aromatic N) is 1. The van der Waals surface area contributed by atoms with Crippen LogP contribution >= 0.6 is 31.9 Å². The fourth-order valence-corrected chi connectivity index (χ4v) is 4.34. The van der Waals surface area contributed by atoms with Gasteiger partial charge in [0, 0.05) is 10.0 Å². The van der Waals surface area contributed by atoms with Gasteiger partial charge in [0.1, 0.15) is 11.5 Å². The highest BCUT2D eigenvalue weighted by molar-refractivity contribution is 9.11. The highest BCUT2D eigenvalue weighted by Crippen LogP contribution is 2.33. The summed E-state index contributed by atoms with van der Waals surface area (Å²) in [7, 11) is 1.52. The minimum absolute atomic E-state index is 0.193. The van der Waals surface area contributed by atoms with E-state index in [0.29, 0.717) is 27.1 Å².